The van der Waals surface area contributed by atoms with E-state index in [9.17, 15) is 9.59 Å². The van der Waals surface area contributed by atoms with E-state index in [-0.39, 0.29) is 18.1 Å². The number of nitrogens with one attached hydrogen (secondary N) is 3. The van der Waals surface area contributed by atoms with Crippen molar-refractivity contribution in [2.45, 2.75) is 0 Å². The van der Waals surface area contributed by atoms with Crippen molar-refractivity contribution in [2.24, 2.45) is 5.84 Å². The Morgan fingerprint density at radius 1 is 1.38 bits per heavy atom. The van der Waals surface area contributed by atoms with Gasteiger partial charge >= 0.3 is 0 Å². The summed E-state index contributed by atoms with van der Waals surface area (Å²) in [5.41, 5.74) is 2.40. The summed E-state index contributed by atoms with van der Waals surface area (Å²) in [5, 5.41) is 12.0. The number of hydrazine groups is 1. The molecule has 0 bridgehead atoms. The molecule has 0 unspecified atom stereocenters. The van der Waals surface area contributed by atoms with Crippen molar-refractivity contribution < 1.29 is 9.59 Å². The van der Waals surface area contributed by atoms with Crippen molar-refractivity contribution in [1.29, 1.82) is 0 Å². The largest absolute Gasteiger partial charge is 0.358 e. The zero-order chi connectivity index (χ0) is 12.0. The maximum absolute atomic E-state index is 11.4. The third-order valence-electron chi connectivity index (χ3n) is 1.73. The van der Waals surface area contributed by atoms with Crippen LogP contribution < -0.4 is 21.9 Å². The molecule has 0 spiro atoms. The molecule has 0 atom stereocenters. The van der Waals surface area contributed by atoms with E-state index in [4.69, 9.17) is 5.84 Å². The second-order valence-corrected chi connectivity index (χ2v) is 2.80. The van der Waals surface area contributed by atoms with E-state index in [1.807, 2.05) is 0 Å². The number of nitrogen functional groups attached to an aromatic ring is 1. The molecular weight excluding hydrogens is 212 g/mol. The summed E-state index contributed by atoms with van der Waals surface area (Å²) in [5.74, 6) is 4.67. The van der Waals surface area contributed by atoms with Crippen LogP contribution in [0.3, 0.4) is 0 Å². The predicted molar refractivity (Wildman–Crippen MR) is 56.2 cm³/mol. The minimum Gasteiger partial charge on any atom is -0.358 e. The van der Waals surface area contributed by atoms with E-state index in [1.54, 1.807) is 0 Å². The van der Waals surface area contributed by atoms with Gasteiger partial charge in [-0.2, -0.15) is 0 Å². The molecule has 5 N–H and O–H groups in total. The number of carbonyl (C=O) groups is 2. The average molecular weight is 224 g/mol. The number of rotatable bonds is 4. The minimum absolute atomic E-state index is 0.103. The van der Waals surface area contributed by atoms with Crippen LogP contribution in [-0.4, -0.2) is 35.6 Å². The van der Waals surface area contributed by atoms with Gasteiger partial charge in [0, 0.05) is 7.05 Å². The normalized spacial score (nSPS) is 9.38. The third-order valence-corrected chi connectivity index (χ3v) is 1.73. The molecule has 0 aliphatic rings. The Morgan fingerprint density at radius 2 is 2.12 bits per heavy atom. The second-order valence-electron chi connectivity index (χ2n) is 2.80. The Bertz CT molecular complexity index is 377. The zero-order valence-electron chi connectivity index (χ0n) is 8.65. The Hall–Kier alpha value is -2.22. The van der Waals surface area contributed by atoms with Gasteiger partial charge in [0.05, 0.1) is 6.54 Å². The van der Waals surface area contributed by atoms with Crippen molar-refractivity contribution >= 4 is 17.6 Å². The van der Waals surface area contributed by atoms with Crippen LogP contribution in [0, 0.1) is 0 Å². The van der Waals surface area contributed by atoms with Gasteiger partial charge in [0.25, 0.3) is 5.91 Å². The lowest BCUT2D eigenvalue weighted by molar-refractivity contribution is -0.119. The molecule has 1 aromatic rings. The summed E-state index contributed by atoms with van der Waals surface area (Å²) in [7, 11) is 1.48. The average Bonchev–Trinajstić information content (AvgIpc) is 2.35. The molecule has 1 heterocycles. The predicted octanol–water partition coefficient (Wildman–Crippen LogP) is -1.76. The van der Waals surface area contributed by atoms with Crippen LogP contribution in [0.25, 0.3) is 0 Å². The molecule has 86 valence electrons. The van der Waals surface area contributed by atoms with Gasteiger partial charge in [0.1, 0.15) is 0 Å². The summed E-state index contributed by atoms with van der Waals surface area (Å²) in [6.45, 7) is -0.103. The summed E-state index contributed by atoms with van der Waals surface area (Å²) in [4.78, 5) is 22.3. The van der Waals surface area contributed by atoms with Crippen LogP contribution in [0.4, 0.5) is 5.82 Å². The Morgan fingerprint density at radius 3 is 2.62 bits per heavy atom. The highest BCUT2D eigenvalue weighted by Gasteiger charge is 2.08. The number of amides is 2. The van der Waals surface area contributed by atoms with Crippen LogP contribution >= 0.6 is 0 Å². The topological polar surface area (TPSA) is 122 Å². The third kappa shape index (κ3) is 3.17. The molecule has 1 aromatic heterocycles. The fourth-order valence-corrected chi connectivity index (χ4v) is 0.870. The zero-order valence-corrected chi connectivity index (χ0v) is 8.65. The maximum atomic E-state index is 11.4. The van der Waals surface area contributed by atoms with Crippen LogP contribution in [0.1, 0.15) is 10.5 Å². The van der Waals surface area contributed by atoms with E-state index < -0.39 is 5.91 Å². The van der Waals surface area contributed by atoms with E-state index in [2.05, 4.69) is 26.3 Å². The van der Waals surface area contributed by atoms with Crippen molar-refractivity contribution in [3.05, 3.63) is 17.8 Å². The molecule has 1 rings (SSSR count). The standard InChI is InChI=1S/C8H12N6O2/c1-10-7(15)4-11-8(16)5-2-3-6(12-9)14-13-5/h2-3H,4,9H2,1H3,(H,10,15)(H,11,16)(H,12,14). The van der Waals surface area contributed by atoms with Gasteiger partial charge in [-0.15, -0.1) is 10.2 Å². The Balaban J connectivity index is 2.56. The maximum Gasteiger partial charge on any atom is 0.272 e. The number of carbonyl (C=O) groups excluding carboxylic acids is 2. The van der Waals surface area contributed by atoms with E-state index in [0.717, 1.165) is 0 Å². The summed E-state index contributed by atoms with van der Waals surface area (Å²) < 4.78 is 0. The van der Waals surface area contributed by atoms with Crippen molar-refractivity contribution in [3.8, 4) is 0 Å². The molecule has 0 fully saturated rings. The van der Waals surface area contributed by atoms with Gasteiger partial charge in [0.15, 0.2) is 11.5 Å². The fourth-order valence-electron chi connectivity index (χ4n) is 0.870. The number of hydrogen-bond donors (Lipinski definition) is 4. The molecule has 0 aromatic carbocycles. The SMILES string of the molecule is CNC(=O)CNC(=O)c1ccc(NN)nn1. The molecule has 16 heavy (non-hydrogen) atoms. The number of aromatic nitrogens is 2. The number of nitrogens with zero attached hydrogens (tertiary/aromatic N) is 2. The second kappa shape index (κ2) is 5.61. The molecular formula is C8H12N6O2. The fraction of sp³-hybridized carbons (Fsp3) is 0.250. The van der Waals surface area contributed by atoms with Gasteiger partial charge in [-0.05, 0) is 12.1 Å². The molecule has 0 aliphatic carbocycles. The lowest BCUT2D eigenvalue weighted by atomic mass is 10.3. The number of hydrogen-bond acceptors (Lipinski definition) is 6. The van der Waals surface area contributed by atoms with E-state index in [0.29, 0.717) is 5.82 Å². The van der Waals surface area contributed by atoms with Crippen LogP contribution in [0.15, 0.2) is 12.1 Å². The van der Waals surface area contributed by atoms with Crippen LogP contribution in [0.5, 0.6) is 0 Å². The van der Waals surface area contributed by atoms with Crippen molar-refractivity contribution in [2.75, 3.05) is 19.0 Å². The van der Waals surface area contributed by atoms with E-state index in [1.165, 1.54) is 19.2 Å². The van der Waals surface area contributed by atoms with Crippen LogP contribution in [-0.2, 0) is 4.79 Å². The number of nitrogens with two attached hydrogens (primary N) is 1. The van der Waals surface area contributed by atoms with Gasteiger partial charge in [-0.1, -0.05) is 0 Å². The molecule has 0 saturated heterocycles. The molecule has 2 amide bonds. The van der Waals surface area contributed by atoms with Gasteiger partial charge in [-0.3, -0.25) is 9.59 Å². The molecule has 0 aliphatic heterocycles. The van der Waals surface area contributed by atoms with Crippen molar-refractivity contribution in [1.82, 2.24) is 20.8 Å². The molecule has 8 heteroatoms. The molecule has 0 saturated carbocycles. The van der Waals surface area contributed by atoms with Crippen LogP contribution in [0.2, 0.25) is 0 Å². The Kier molecular flexibility index (Phi) is 4.16. The van der Waals surface area contributed by atoms with Crippen molar-refractivity contribution in [3.63, 3.8) is 0 Å². The molecule has 8 nitrogen and oxygen atoms in total. The lowest BCUT2D eigenvalue weighted by Crippen LogP contribution is -2.35. The smallest absolute Gasteiger partial charge is 0.272 e. The minimum atomic E-state index is -0.473. The number of anilines is 1. The highest BCUT2D eigenvalue weighted by atomic mass is 16.2. The summed E-state index contributed by atoms with van der Waals surface area (Å²) >= 11 is 0. The first-order chi connectivity index (χ1) is 7.67. The van der Waals surface area contributed by atoms with Gasteiger partial charge in [-0.25, -0.2) is 5.84 Å². The first-order valence-corrected chi connectivity index (χ1v) is 4.46. The molecule has 0 radical (unpaired) electrons. The van der Waals surface area contributed by atoms with E-state index >= 15 is 0 Å². The first-order valence-electron chi connectivity index (χ1n) is 4.46. The first kappa shape index (κ1) is 11.9. The lowest BCUT2D eigenvalue weighted by Gasteiger charge is -2.03. The Labute approximate surface area is 91.6 Å². The monoisotopic (exact) mass is 224 g/mol. The highest BCUT2D eigenvalue weighted by molar-refractivity contribution is 5.94. The quantitative estimate of drug-likeness (QED) is 0.355. The number of likely N-dealkylation sites (N-methyl/N-ethyl adjacent to an activating group) is 1. The summed E-state index contributed by atoms with van der Waals surface area (Å²) in [6.07, 6.45) is 0. The highest BCUT2D eigenvalue weighted by Crippen LogP contribution is 1.99. The van der Waals surface area contributed by atoms with Gasteiger partial charge < -0.3 is 16.1 Å². The summed E-state index contributed by atoms with van der Waals surface area (Å²) in [6, 6.07) is 2.95. The van der Waals surface area contributed by atoms with Gasteiger partial charge in [0.2, 0.25) is 5.91 Å².